The molecule has 0 aromatic rings. The van der Waals surface area contributed by atoms with E-state index in [1.165, 1.54) is 0 Å². The van der Waals surface area contributed by atoms with Crippen molar-refractivity contribution in [2.24, 2.45) is 5.73 Å². The number of hydrogen-bond acceptors (Lipinski definition) is 3. The number of nitrogens with zero attached hydrogens (tertiary/aromatic N) is 1. The summed E-state index contributed by atoms with van der Waals surface area (Å²) in [5.74, 6) is 0. The Labute approximate surface area is 95.0 Å². The molecule has 3 atom stereocenters. The third-order valence-corrected chi connectivity index (χ3v) is 3.76. The number of ether oxygens (including phenoxy) is 1. The van der Waals surface area contributed by atoms with Gasteiger partial charge in [0, 0.05) is 19.7 Å². The third kappa shape index (κ3) is 3.16. The molecule has 0 rings (SSSR count). The minimum absolute atomic E-state index is 0.0705. The van der Waals surface area contributed by atoms with Crippen molar-refractivity contribution in [3.63, 3.8) is 0 Å². The fourth-order valence-electron chi connectivity index (χ4n) is 2.17. The number of methoxy groups -OCH3 is 1. The lowest BCUT2D eigenvalue weighted by Crippen LogP contribution is -2.61. The monoisotopic (exact) mass is 216 g/mol. The highest BCUT2D eigenvalue weighted by Gasteiger charge is 2.37. The van der Waals surface area contributed by atoms with Gasteiger partial charge in [-0.15, -0.1) is 0 Å². The summed E-state index contributed by atoms with van der Waals surface area (Å²) in [6.45, 7) is 12.6. The van der Waals surface area contributed by atoms with Gasteiger partial charge in [-0.25, -0.2) is 0 Å². The maximum atomic E-state index is 5.93. The topological polar surface area (TPSA) is 38.5 Å². The van der Waals surface area contributed by atoms with Gasteiger partial charge >= 0.3 is 0 Å². The molecule has 0 aliphatic rings. The number of likely N-dealkylation sites (N-methyl/N-ethyl adjacent to an activating group) is 1. The molecule has 0 aliphatic carbocycles. The van der Waals surface area contributed by atoms with Crippen LogP contribution < -0.4 is 5.73 Å². The molecule has 3 heteroatoms. The maximum absolute atomic E-state index is 5.93. The average molecular weight is 216 g/mol. The van der Waals surface area contributed by atoms with Crippen molar-refractivity contribution in [3.05, 3.63) is 0 Å². The van der Waals surface area contributed by atoms with Gasteiger partial charge in [-0.05, 0) is 33.7 Å². The quantitative estimate of drug-likeness (QED) is 0.706. The van der Waals surface area contributed by atoms with E-state index in [1.54, 1.807) is 7.11 Å². The van der Waals surface area contributed by atoms with Crippen molar-refractivity contribution < 1.29 is 4.74 Å². The zero-order chi connectivity index (χ0) is 12.1. The molecule has 3 nitrogen and oxygen atoms in total. The molecule has 0 aromatic carbocycles. The second-order valence-electron chi connectivity index (χ2n) is 4.48. The minimum atomic E-state index is -0.0705. The highest BCUT2D eigenvalue weighted by atomic mass is 16.5. The molecule has 0 saturated heterocycles. The highest BCUT2D eigenvalue weighted by Crippen LogP contribution is 2.24. The SMILES string of the molecule is CCC(C)N(CC)C(C)(CN)C(C)OC. The van der Waals surface area contributed by atoms with Crippen LogP contribution in [0.15, 0.2) is 0 Å². The predicted molar refractivity (Wildman–Crippen MR) is 66.1 cm³/mol. The molecule has 15 heavy (non-hydrogen) atoms. The van der Waals surface area contributed by atoms with Crippen LogP contribution in [0, 0.1) is 0 Å². The standard InChI is InChI=1S/C12H28N2O/c1-7-10(3)14(8-2)12(5,9-13)11(4)15-6/h10-11H,7-9,13H2,1-6H3. The summed E-state index contributed by atoms with van der Waals surface area (Å²) >= 11 is 0. The molecular formula is C12H28N2O. The first-order valence-electron chi connectivity index (χ1n) is 5.97. The number of rotatable bonds is 7. The second kappa shape index (κ2) is 6.46. The van der Waals surface area contributed by atoms with Crippen LogP contribution in [0.1, 0.15) is 41.0 Å². The van der Waals surface area contributed by atoms with E-state index in [0.29, 0.717) is 12.6 Å². The Balaban J connectivity index is 4.87. The largest absolute Gasteiger partial charge is 0.380 e. The maximum Gasteiger partial charge on any atom is 0.0736 e. The molecule has 0 spiro atoms. The van der Waals surface area contributed by atoms with Gasteiger partial charge in [0.2, 0.25) is 0 Å². The normalized spacial score (nSPS) is 20.0. The van der Waals surface area contributed by atoms with E-state index in [4.69, 9.17) is 10.5 Å². The van der Waals surface area contributed by atoms with Crippen molar-refractivity contribution in [2.75, 3.05) is 20.2 Å². The predicted octanol–water partition coefficient (Wildman–Crippen LogP) is 1.86. The van der Waals surface area contributed by atoms with Gasteiger partial charge in [0.15, 0.2) is 0 Å². The first kappa shape index (κ1) is 14.9. The molecule has 0 heterocycles. The summed E-state index contributed by atoms with van der Waals surface area (Å²) in [5.41, 5.74) is 5.86. The molecular weight excluding hydrogens is 188 g/mol. The van der Waals surface area contributed by atoms with Crippen LogP contribution in [0.5, 0.6) is 0 Å². The molecule has 2 N–H and O–H groups in total. The molecule has 0 bridgehead atoms. The average Bonchev–Trinajstić information content (AvgIpc) is 2.27. The zero-order valence-corrected chi connectivity index (χ0v) is 11.2. The lowest BCUT2D eigenvalue weighted by atomic mass is 9.91. The Bertz CT molecular complexity index is 175. The Hall–Kier alpha value is -0.120. The van der Waals surface area contributed by atoms with Crippen LogP contribution in [-0.2, 0) is 4.74 Å². The van der Waals surface area contributed by atoms with Crippen molar-refractivity contribution >= 4 is 0 Å². The van der Waals surface area contributed by atoms with Crippen molar-refractivity contribution in [3.8, 4) is 0 Å². The molecule has 0 aromatic heterocycles. The fraction of sp³-hybridized carbons (Fsp3) is 1.00. The second-order valence-corrected chi connectivity index (χ2v) is 4.48. The van der Waals surface area contributed by atoms with E-state index in [1.807, 2.05) is 0 Å². The third-order valence-electron chi connectivity index (χ3n) is 3.76. The van der Waals surface area contributed by atoms with Gasteiger partial charge in [-0.3, -0.25) is 4.90 Å². The van der Waals surface area contributed by atoms with E-state index in [2.05, 4.69) is 39.5 Å². The van der Waals surface area contributed by atoms with Gasteiger partial charge < -0.3 is 10.5 Å². The van der Waals surface area contributed by atoms with Crippen LogP contribution in [0.4, 0.5) is 0 Å². The van der Waals surface area contributed by atoms with Crippen LogP contribution in [0.25, 0.3) is 0 Å². The van der Waals surface area contributed by atoms with E-state index in [9.17, 15) is 0 Å². The number of nitrogens with two attached hydrogens (primary N) is 1. The summed E-state index contributed by atoms with van der Waals surface area (Å²) in [4.78, 5) is 2.45. The summed E-state index contributed by atoms with van der Waals surface area (Å²) in [6.07, 6.45) is 1.29. The Morgan fingerprint density at radius 2 is 1.87 bits per heavy atom. The van der Waals surface area contributed by atoms with Crippen molar-refractivity contribution in [1.29, 1.82) is 0 Å². The Kier molecular flexibility index (Phi) is 6.41. The van der Waals surface area contributed by atoms with Crippen LogP contribution in [0.2, 0.25) is 0 Å². The summed E-state index contributed by atoms with van der Waals surface area (Å²) in [6, 6.07) is 0.543. The first-order valence-corrected chi connectivity index (χ1v) is 5.97. The van der Waals surface area contributed by atoms with Crippen LogP contribution in [-0.4, -0.2) is 42.8 Å². The van der Waals surface area contributed by atoms with E-state index in [0.717, 1.165) is 13.0 Å². The minimum Gasteiger partial charge on any atom is -0.380 e. The lowest BCUT2D eigenvalue weighted by Gasteiger charge is -2.46. The van der Waals surface area contributed by atoms with E-state index < -0.39 is 0 Å². The van der Waals surface area contributed by atoms with Gasteiger partial charge in [0.05, 0.1) is 11.6 Å². The van der Waals surface area contributed by atoms with Gasteiger partial charge in [-0.2, -0.15) is 0 Å². The Morgan fingerprint density at radius 3 is 2.13 bits per heavy atom. The zero-order valence-electron chi connectivity index (χ0n) is 11.2. The number of hydrogen-bond donors (Lipinski definition) is 1. The van der Waals surface area contributed by atoms with Gasteiger partial charge in [0.1, 0.15) is 0 Å². The highest BCUT2D eigenvalue weighted by molar-refractivity contribution is 4.94. The molecule has 3 unspecified atom stereocenters. The van der Waals surface area contributed by atoms with Crippen molar-refractivity contribution in [1.82, 2.24) is 4.90 Å². The first-order chi connectivity index (χ1) is 6.97. The summed E-state index contributed by atoms with van der Waals surface area (Å²) in [5, 5.41) is 0. The Morgan fingerprint density at radius 1 is 1.33 bits per heavy atom. The molecule has 0 radical (unpaired) electrons. The van der Waals surface area contributed by atoms with Crippen LogP contribution >= 0.6 is 0 Å². The van der Waals surface area contributed by atoms with Gasteiger partial charge in [0.25, 0.3) is 0 Å². The summed E-state index contributed by atoms with van der Waals surface area (Å²) in [7, 11) is 1.75. The smallest absolute Gasteiger partial charge is 0.0736 e. The molecule has 0 saturated carbocycles. The summed E-state index contributed by atoms with van der Waals surface area (Å²) < 4.78 is 5.46. The van der Waals surface area contributed by atoms with Crippen LogP contribution in [0.3, 0.4) is 0 Å². The molecule has 0 aliphatic heterocycles. The molecule has 0 amide bonds. The molecule has 92 valence electrons. The fourth-order valence-corrected chi connectivity index (χ4v) is 2.17. The van der Waals surface area contributed by atoms with Gasteiger partial charge in [-0.1, -0.05) is 13.8 Å². The lowest BCUT2D eigenvalue weighted by molar-refractivity contribution is -0.0461. The van der Waals surface area contributed by atoms with Crippen molar-refractivity contribution in [2.45, 2.75) is 58.7 Å². The molecule has 0 fully saturated rings. The van der Waals surface area contributed by atoms with E-state index >= 15 is 0 Å². The van der Waals surface area contributed by atoms with E-state index in [-0.39, 0.29) is 11.6 Å².